The van der Waals surface area contributed by atoms with Gasteiger partial charge in [0, 0.05) is 17.5 Å². The topological polar surface area (TPSA) is 12.0 Å². The van der Waals surface area contributed by atoms with Gasteiger partial charge in [0.1, 0.15) is 0 Å². The zero-order chi connectivity index (χ0) is 11.8. The van der Waals surface area contributed by atoms with Gasteiger partial charge in [-0.25, -0.2) is 0 Å². The summed E-state index contributed by atoms with van der Waals surface area (Å²) in [6.07, 6.45) is 0. The summed E-state index contributed by atoms with van der Waals surface area (Å²) < 4.78 is 0. The zero-order valence-corrected chi connectivity index (χ0v) is 11.0. The lowest BCUT2D eigenvalue weighted by molar-refractivity contribution is 0.588. The molecule has 1 nitrogen and oxygen atoms in total. The fourth-order valence-corrected chi connectivity index (χ4v) is 2.05. The summed E-state index contributed by atoms with van der Waals surface area (Å²) >= 11 is 1.79. The molecule has 0 atom stereocenters. The quantitative estimate of drug-likeness (QED) is 0.618. The lowest BCUT2D eigenvalue weighted by Crippen LogP contribution is -2.21. The molecule has 86 valence electrons. The molecule has 0 fully saturated rings. The van der Waals surface area contributed by atoms with E-state index in [4.69, 9.17) is 0 Å². The average Bonchev–Trinajstić information content (AvgIpc) is 2.27. The van der Waals surface area contributed by atoms with Crippen molar-refractivity contribution >= 4 is 11.8 Å². The lowest BCUT2D eigenvalue weighted by atomic mass is 10.2. The van der Waals surface area contributed by atoms with E-state index in [1.807, 2.05) is 6.92 Å². The normalized spacial score (nSPS) is 10.0. The monoisotopic (exact) mass is 233 g/mol. The third kappa shape index (κ3) is 5.25. The Morgan fingerprint density at radius 3 is 2.88 bits per heavy atom. The van der Waals surface area contributed by atoms with E-state index >= 15 is 0 Å². The first-order valence-electron chi connectivity index (χ1n) is 5.57. The van der Waals surface area contributed by atoms with Crippen molar-refractivity contribution in [3.05, 3.63) is 29.8 Å². The van der Waals surface area contributed by atoms with E-state index in [2.05, 4.69) is 55.3 Å². The summed E-state index contributed by atoms with van der Waals surface area (Å²) in [5, 5.41) is 3.42. The molecular formula is C14H19NS. The van der Waals surface area contributed by atoms with Gasteiger partial charge < -0.3 is 5.32 Å². The highest BCUT2D eigenvalue weighted by Crippen LogP contribution is 2.18. The van der Waals surface area contributed by atoms with Crippen LogP contribution in [0.2, 0.25) is 0 Å². The van der Waals surface area contributed by atoms with Crippen molar-refractivity contribution in [3.63, 3.8) is 0 Å². The Bertz CT molecular complexity index is 374. The molecule has 1 aromatic carbocycles. The van der Waals surface area contributed by atoms with Gasteiger partial charge in [0.2, 0.25) is 0 Å². The van der Waals surface area contributed by atoms with E-state index in [0.29, 0.717) is 6.04 Å². The molecule has 0 bridgehead atoms. The second kappa shape index (κ2) is 7.38. The molecule has 0 heterocycles. The number of rotatable bonds is 5. The first-order chi connectivity index (χ1) is 7.72. The second-order valence-corrected chi connectivity index (χ2v) is 4.95. The van der Waals surface area contributed by atoms with Crippen LogP contribution in [0.3, 0.4) is 0 Å². The number of benzene rings is 1. The summed E-state index contributed by atoms with van der Waals surface area (Å²) in [6, 6.07) is 9.17. The van der Waals surface area contributed by atoms with Crippen molar-refractivity contribution < 1.29 is 0 Å². The van der Waals surface area contributed by atoms with Crippen molar-refractivity contribution in [3.8, 4) is 11.8 Å². The van der Waals surface area contributed by atoms with Gasteiger partial charge in [-0.15, -0.1) is 17.7 Å². The smallest absolute Gasteiger partial charge is 0.0594 e. The predicted octanol–water partition coefficient (Wildman–Crippen LogP) is 3.30. The molecular weight excluding hydrogens is 214 g/mol. The van der Waals surface area contributed by atoms with Gasteiger partial charge in [0.15, 0.2) is 0 Å². The average molecular weight is 233 g/mol. The Labute approximate surface area is 103 Å². The molecule has 0 amide bonds. The van der Waals surface area contributed by atoms with Gasteiger partial charge >= 0.3 is 0 Å². The summed E-state index contributed by atoms with van der Waals surface area (Å²) in [5.41, 5.74) is 1.34. The minimum atomic E-state index is 0.530. The van der Waals surface area contributed by atoms with E-state index in [-0.39, 0.29) is 0 Å². The molecule has 2 heteroatoms. The van der Waals surface area contributed by atoms with Crippen LogP contribution in [0.1, 0.15) is 26.3 Å². The van der Waals surface area contributed by atoms with Crippen LogP contribution >= 0.6 is 11.8 Å². The Morgan fingerprint density at radius 1 is 1.38 bits per heavy atom. The van der Waals surface area contributed by atoms with E-state index in [1.165, 1.54) is 10.5 Å². The van der Waals surface area contributed by atoms with Gasteiger partial charge in [-0.1, -0.05) is 31.9 Å². The standard InChI is InChI=1S/C14H19NS/c1-4-5-9-16-14-8-6-7-13(10-14)11-15-12(2)3/h6-8,10,12,15H,9,11H2,1-3H3. The Balaban J connectivity index is 2.52. The molecule has 0 aliphatic heterocycles. The Hall–Kier alpha value is -0.910. The fraction of sp³-hybridized carbons (Fsp3) is 0.429. The highest BCUT2D eigenvalue weighted by Gasteiger charge is 1.97. The van der Waals surface area contributed by atoms with Crippen molar-refractivity contribution in [1.29, 1.82) is 0 Å². The van der Waals surface area contributed by atoms with Gasteiger partial charge in [0.25, 0.3) is 0 Å². The number of nitrogens with one attached hydrogen (secondary N) is 1. The summed E-state index contributed by atoms with van der Waals surface area (Å²) in [4.78, 5) is 1.30. The number of thioether (sulfide) groups is 1. The van der Waals surface area contributed by atoms with Crippen molar-refractivity contribution in [1.82, 2.24) is 5.32 Å². The highest BCUT2D eigenvalue weighted by atomic mass is 32.2. The predicted molar refractivity (Wildman–Crippen MR) is 72.6 cm³/mol. The number of hydrogen-bond donors (Lipinski definition) is 1. The third-order valence-electron chi connectivity index (χ3n) is 2.10. The maximum Gasteiger partial charge on any atom is 0.0594 e. The molecule has 1 rings (SSSR count). The molecule has 0 saturated carbocycles. The van der Waals surface area contributed by atoms with E-state index in [9.17, 15) is 0 Å². The van der Waals surface area contributed by atoms with Crippen molar-refractivity contribution in [2.45, 2.75) is 38.3 Å². The first kappa shape index (κ1) is 13.2. The van der Waals surface area contributed by atoms with Crippen LogP contribution in [0.15, 0.2) is 29.2 Å². The SMILES string of the molecule is CC#CCSc1cccc(CNC(C)C)c1. The van der Waals surface area contributed by atoms with Crippen molar-refractivity contribution in [2.75, 3.05) is 5.75 Å². The minimum absolute atomic E-state index is 0.530. The highest BCUT2D eigenvalue weighted by molar-refractivity contribution is 7.99. The van der Waals surface area contributed by atoms with Crippen LogP contribution in [0.5, 0.6) is 0 Å². The second-order valence-electron chi connectivity index (χ2n) is 3.90. The Kier molecular flexibility index (Phi) is 6.07. The van der Waals surface area contributed by atoms with Crippen LogP contribution in [0.4, 0.5) is 0 Å². The lowest BCUT2D eigenvalue weighted by Gasteiger charge is -2.08. The number of hydrogen-bond acceptors (Lipinski definition) is 2. The molecule has 1 aromatic rings. The maximum atomic E-state index is 3.42. The van der Waals surface area contributed by atoms with Gasteiger partial charge in [0.05, 0.1) is 5.75 Å². The van der Waals surface area contributed by atoms with Crippen LogP contribution in [-0.4, -0.2) is 11.8 Å². The summed E-state index contributed by atoms with van der Waals surface area (Å²) in [5.74, 6) is 6.85. The fourth-order valence-electron chi connectivity index (χ4n) is 1.26. The zero-order valence-electron chi connectivity index (χ0n) is 10.2. The molecule has 0 unspecified atom stereocenters. The van der Waals surface area contributed by atoms with Crippen LogP contribution < -0.4 is 5.32 Å². The molecule has 1 N–H and O–H groups in total. The van der Waals surface area contributed by atoms with Crippen molar-refractivity contribution in [2.24, 2.45) is 0 Å². The molecule has 0 aliphatic carbocycles. The summed E-state index contributed by atoms with van der Waals surface area (Å²) in [7, 11) is 0. The minimum Gasteiger partial charge on any atom is -0.310 e. The van der Waals surface area contributed by atoms with Crippen LogP contribution in [0.25, 0.3) is 0 Å². The Morgan fingerprint density at radius 2 is 2.19 bits per heavy atom. The largest absolute Gasteiger partial charge is 0.310 e. The van der Waals surface area contributed by atoms with Crippen LogP contribution in [-0.2, 0) is 6.54 Å². The molecule has 0 radical (unpaired) electrons. The summed E-state index contributed by atoms with van der Waals surface area (Å²) in [6.45, 7) is 7.14. The van der Waals surface area contributed by atoms with E-state index in [0.717, 1.165) is 12.3 Å². The van der Waals surface area contributed by atoms with Gasteiger partial charge in [-0.05, 0) is 24.6 Å². The first-order valence-corrected chi connectivity index (χ1v) is 6.55. The van der Waals surface area contributed by atoms with E-state index < -0.39 is 0 Å². The van der Waals surface area contributed by atoms with Gasteiger partial charge in [-0.2, -0.15) is 0 Å². The van der Waals surface area contributed by atoms with E-state index in [1.54, 1.807) is 11.8 Å². The molecule has 0 saturated heterocycles. The van der Waals surface area contributed by atoms with Crippen LogP contribution in [0, 0.1) is 11.8 Å². The molecule has 16 heavy (non-hydrogen) atoms. The maximum absolute atomic E-state index is 3.42. The van der Waals surface area contributed by atoms with Gasteiger partial charge in [-0.3, -0.25) is 0 Å². The molecule has 0 aliphatic rings. The molecule has 0 spiro atoms. The molecule has 0 aromatic heterocycles. The third-order valence-corrected chi connectivity index (χ3v) is 2.98.